The molecule has 0 spiro atoms. The van der Waals surface area contributed by atoms with E-state index in [9.17, 15) is 9.59 Å². The summed E-state index contributed by atoms with van der Waals surface area (Å²) >= 11 is 0. The van der Waals surface area contributed by atoms with E-state index < -0.39 is 16.1 Å². The van der Waals surface area contributed by atoms with E-state index in [1.54, 1.807) is 4.90 Å². The van der Waals surface area contributed by atoms with Gasteiger partial charge in [0.15, 0.2) is 0 Å². The molecule has 2 aliphatic rings. The molecule has 2 amide bonds. The highest BCUT2D eigenvalue weighted by atomic mass is 28.4. The molecule has 0 saturated carbocycles. The van der Waals surface area contributed by atoms with E-state index in [0.717, 1.165) is 5.56 Å². The molecule has 0 aliphatic carbocycles. The number of amides is 2. The van der Waals surface area contributed by atoms with Crippen LogP contribution in [0.15, 0.2) is 30.3 Å². The Balaban J connectivity index is 1.82. The molecule has 2 atom stereocenters. The standard InChI is InChI=1S/C19H30N2O3Si2/c1-25(2,3)19(26(4,5)6)20-12-15(17(20)22)21-16(13-24-18(21)23)14-10-8-7-9-11-14/h7-11,15-16,19H,12-13H2,1-6H3/t15-,16+/m0/s1. The van der Waals surface area contributed by atoms with Gasteiger partial charge in [0.25, 0.3) is 0 Å². The van der Waals surface area contributed by atoms with Crippen LogP contribution in [0.2, 0.25) is 39.3 Å². The number of rotatable bonds is 5. The smallest absolute Gasteiger partial charge is 0.411 e. The molecule has 1 aromatic rings. The molecular formula is C19H30N2O3Si2. The number of β-lactam (4-membered cyclic amide) rings is 1. The fourth-order valence-corrected chi connectivity index (χ4v) is 17.5. The minimum Gasteiger partial charge on any atom is -0.447 e. The summed E-state index contributed by atoms with van der Waals surface area (Å²) < 4.78 is 5.30. The Morgan fingerprint density at radius 1 is 0.962 bits per heavy atom. The molecular weight excluding hydrogens is 360 g/mol. The van der Waals surface area contributed by atoms with E-state index in [0.29, 0.717) is 18.4 Å². The molecule has 0 N–H and O–H groups in total. The summed E-state index contributed by atoms with van der Waals surface area (Å²) in [5, 5.41) is 0.382. The third-order valence-corrected chi connectivity index (χ3v) is 14.4. The molecule has 2 fully saturated rings. The normalized spacial score (nSPS) is 24.1. The lowest BCUT2D eigenvalue weighted by atomic mass is 10.0. The second-order valence-electron chi connectivity index (χ2n) is 9.55. The fraction of sp³-hybridized carbons (Fsp3) is 0.579. The Hall–Kier alpha value is -1.61. The first-order chi connectivity index (χ1) is 12.0. The van der Waals surface area contributed by atoms with Crippen molar-refractivity contribution in [1.82, 2.24) is 9.80 Å². The second kappa shape index (κ2) is 6.53. The van der Waals surface area contributed by atoms with Crippen molar-refractivity contribution in [2.75, 3.05) is 13.2 Å². The van der Waals surface area contributed by atoms with Gasteiger partial charge in [-0.2, -0.15) is 0 Å². The fourth-order valence-electron chi connectivity index (χ4n) is 4.82. The van der Waals surface area contributed by atoms with Crippen molar-refractivity contribution < 1.29 is 14.3 Å². The summed E-state index contributed by atoms with van der Waals surface area (Å²) in [5.41, 5.74) is 1.02. The molecule has 0 aromatic heterocycles. The van der Waals surface area contributed by atoms with Crippen molar-refractivity contribution in [3.05, 3.63) is 35.9 Å². The third kappa shape index (κ3) is 3.34. The topological polar surface area (TPSA) is 49.9 Å². The Morgan fingerprint density at radius 3 is 2.04 bits per heavy atom. The molecule has 3 rings (SSSR count). The number of nitrogens with zero attached hydrogens (tertiary/aromatic N) is 2. The molecule has 0 unspecified atom stereocenters. The number of carbonyl (C=O) groups is 2. The monoisotopic (exact) mass is 390 g/mol. The van der Waals surface area contributed by atoms with Crippen LogP contribution in [0.5, 0.6) is 0 Å². The van der Waals surface area contributed by atoms with Gasteiger partial charge in [-0.15, -0.1) is 0 Å². The van der Waals surface area contributed by atoms with Crippen LogP contribution < -0.4 is 0 Å². The number of likely N-dealkylation sites (tertiary alicyclic amines) is 1. The Morgan fingerprint density at radius 2 is 1.54 bits per heavy atom. The Bertz CT molecular complexity index is 683. The molecule has 2 saturated heterocycles. The van der Waals surface area contributed by atoms with Gasteiger partial charge in [-0.1, -0.05) is 69.6 Å². The van der Waals surface area contributed by atoms with Gasteiger partial charge in [-0.25, -0.2) is 4.79 Å². The molecule has 0 radical (unpaired) electrons. The van der Waals surface area contributed by atoms with Crippen molar-refractivity contribution in [2.24, 2.45) is 0 Å². The number of benzene rings is 1. The number of hydrogen-bond donors (Lipinski definition) is 0. The van der Waals surface area contributed by atoms with Crippen molar-refractivity contribution in [3.63, 3.8) is 0 Å². The lowest BCUT2D eigenvalue weighted by molar-refractivity contribution is -0.149. The summed E-state index contributed by atoms with van der Waals surface area (Å²) in [6, 6.07) is 9.30. The summed E-state index contributed by atoms with van der Waals surface area (Å²) in [6.07, 6.45) is -0.366. The summed E-state index contributed by atoms with van der Waals surface area (Å²) in [7, 11) is -3.06. The average molecular weight is 391 g/mol. The van der Waals surface area contributed by atoms with Gasteiger partial charge in [-0.05, 0) is 5.56 Å². The van der Waals surface area contributed by atoms with Gasteiger partial charge in [-0.3, -0.25) is 9.69 Å². The van der Waals surface area contributed by atoms with Crippen LogP contribution in [0, 0.1) is 0 Å². The highest BCUT2D eigenvalue weighted by molar-refractivity contribution is 6.96. The minimum absolute atomic E-state index is 0.0969. The van der Waals surface area contributed by atoms with E-state index in [2.05, 4.69) is 44.2 Å². The number of ether oxygens (including phenoxy) is 1. The first kappa shape index (κ1) is 19.2. The van der Waals surface area contributed by atoms with Crippen LogP contribution in [0.1, 0.15) is 11.6 Å². The largest absolute Gasteiger partial charge is 0.447 e. The van der Waals surface area contributed by atoms with Crippen molar-refractivity contribution in [1.29, 1.82) is 0 Å². The quantitative estimate of drug-likeness (QED) is 0.571. The Labute approximate surface area is 158 Å². The molecule has 2 aliphatic heterocycles. The summed E-state index contributed by atoms with van der Waals surface area (Å²) in [4.78, 5) is 29.2. The molecule has 5 nitrogen and oxygen atoms in total. The molecule has 0 bridgehead atoms. The van der Waals surface area contributed by atoms with Crippen molar-refractivity contribution in [2.45, 2.75) is 56.7 Å². The predicted molar refractivity (Wildman–Crippen MR) is 108 cm³/mol. The predicted octanol–water partition coefficient (Wildman–Crippen LogP) is 3.51. The zero-order chi connectivity index (χ0) is 19.3. The maximum absolute atomic E-state index is 13.1. The first-order valence-corrected chi connectivity index (χ1v) is 16.5. The summed E-state index contributed by atoms with van der Waals surface area (Å²) in [5.74, 6) is 0.0969. The van der Waals surface area contributed by atoms with Gasteiger partial charge >= 0.3 is 6.09 Å². The lowest BCUT2D eigenvalue weighted by Gasteiger charge is -2.54. The zero-order valence-electron chi connectivity index (χ0n) is 16.7. The first-order valence-electron chi connectivity index (χ1n) is 9.32. The highest BCUT2D eigenvalue weighted by Gasteiger charge is 2.55. The van der Waals surface area contributed by atoms with E-state index >= 15 is 0 Å². The van der Waals surface area contributed by atoms with Gasteiger partial charge in [0.2, 0.25) is 5.91 Å². The van der Waals surface area contributed by atoms with Crippen LogP contribution in [-0.2, 0) is 9.53 Å². The second-order valence-corrected chi connectivity index (χ2v) is 20.7. The van der Waals surface area contributed by atoms with Crippen LogP contribution in [0.3, 0.4) is 0 Å². The minimum atomic E-state index is -1.53. The average Bonchev–Trinajstić information content (AvgIpc) is 2.90. The van der Waals surface area contributed by atoms with Gasteiger partial charge < -0.3 is 9.64 Å². The SMILES string of the molecule is C[Si](C)(C)C(N1C[C@H](N2C(=O)OC[C@@H]2c2ccccc2)C1=O)[Si](C)(C)C. The van der Waals surface area contributed by atoms with Crippen molar-refractivity contribution in [3.8, 4) is 0 Å². The Kier molecular flexibility index (Phi) is 4.81. The van der Waals surface area contributed by atoms with Gasteiger partial charge in [0.1, 0.15) is 12.6 Å². The van der Waals surface area contributed by atoms with Crippen molar-refractivity contribution >= 4 is 28.1 Å². The van der Waals surface area contributed by atoms with Crippen LogP contribution >= 0.6 is 0 Å². The number of hydrogen-bond acceptors (Lipinski definition) is 3. The van der Waals surface area contributed by atoms with E-state index in [-0.39, 0.29) is 24.1 Å². The molecule has 7 heteroatoms. The molecule has 142 valence electrons. The molecule has 26 heavy (non-hydrogen) atoms. The number of cyclic esters (lactones) is 1. The van der Waals surface area contributed by atoms with Crippen LogP contribution in [0.25, 0.3) is 0 Å². The van der Waals surface area contributed by atoms with E-state index in [1.807, 2.05) is 30.3 Å². The maximum Gasteiger partial charge on any atom is 0.411 e. The van der Waals surface area contributed by atoms with E-state index in [1.165, 1.54) is 0 Å². The maximum atomic E-state index is 13.1. The third-order valence-electron chi connectivity index (χ3n) is 5.32. The lowest BCUT2D eigenvalue weighted by Crippen LogP contribution is -2.75. The van der Waals surface area contributed by atoms with Crippen LogP contribution in [-0.4, -0.2) is 62.4 Å². The molecule has 2 heterocycles. The van der Waals surface area contributed by atoms with Crippen LogP contribution in [0.4, 0.5) is 4.79 Å². The van der Waals surface area contributed by atoms with Gasteiger partial charge in [0.05, 0.1) is 22.2 Å². The van der Waals surface area contributed by atoms with E-state index in [4.69, 9.17) is 4.74 Å². The molecule has 1 aromatic carbocycles. The number of carbonyl (C=O) groups excluding carboxylic acids is 2. The van der Waals surface area contributed by atoms with Gasteiger partial charge in [0, 0.05) is 11.8 Å². The summed E-state index contributed by atoms with van der Waals surface area (Å²) in [6.45, 7) is 15.0. The zero-order valence-corrected chi connectivity index (χ0v) is 18.7. The highest BCUT2D eigenvalue weighted by Crippen LogP contribution is 2.36.